The minimum Gasteiger partial charge on any atom is -0.289 e. The number of rotatable bonds is 3. The number of hydrazine groups is 1. The van der Waals surface area contributed by atoms with Crippen molar-refractivity contribution in [3.63, 3.8) is 0 Å². The van der Waals surface area contributed by atoms with Crippen molar-refractivity contribution < 1.29 is 4.79 Å². The Balaban J connectivity index is 2.04. The van der Waals surface area contributed by atoms with Crippen molar-refractivity contribution in [1.82, 2.24) is 15.4 Å². The second kappa shape index (κ2) is 4.47. The summed E-state index contributed by atoms with van der Waals surface area (Å²) in [5.41, 5.74) is 4.05. The van der Waals surface area contributed by atoms with Crippen molar-refractivity contribution in [2.24, 2.45) is 5.84 Å². The fourth-order valence-corrected chi connectivity index (χ4v) is 2.87. The molecule has 0 atom stereocenters. The molecule has 0 spiro atoms. The molecule has 1 amide bonds. The molecule has 0 saturated heterocycles. The summed E-state index contributed by atoms with van der Waals surface area (Å²) in [6, 6.07) is 3.78. The van der Waals surface area contributed by atoms with Gasteiger partial charge < -0.3 is 0 Å². The molecule has 5 nitrogen and oxygen atoms in total. The molecule has 3 rings (SSSR count). The predicted octanol–water partition coefficient (Wildman–Crippen LogP) is 1.69. The van der Waals surface area contributed by atoms with Crippen LogP contribution in [-0.2, 0) is 0 Å². The van der Waals surface area contributed by atoms with Gasteiger partial charge in [0.25, 0.3) is 5.91 Å². The summed E-state index contributed by atoms with van der Waals surface area (Å²) in [6.45, 7) is 0. The molecule has 0 bridgehead atoms. The van der Waals surface area contributed by atoms with Gasteiger partial charge in [-0.25, -0.2) is 10.8 Å². The van der Waals surface area contributed by atoms with Gasteiger partial charge in [-0.05, 0) is 25.0 Å². The molecule has 1 saturated carbocycles. The number of aromatic nitrogens is 2. The summed E-state index contributed by atoms with van der Waals surface area (Å²) in [5, 5.41) is 0.845. The lowest BCUT2D eigenvalue weighted by molar-refractivity contribution is 0.0956. The molecular formula is C12H12N4OS. The van der Waals surface area contributed by atoms with Gasteiger partial charge in [-0.3, -0.25) is 15.2 Å². The summed E-state index contributed by atoms with van der Waals surface area (Å²) in [4.78, 5) is 20.9. The fraction of sp³-hybridized carbons (Fsp3) is 0.250. The topological polar surface area (TPSA) is 80.9 Å². The molecule has 1 aliphatic rings. The maximum atomic E-state index is 11.7. The van der Waals surface area contributed by atoms with Crippen molar-refractivity contribution in [3.05, 3.63) is 35.1 Å². The lowest BCUT2D eigenvalue weighted by Gasteiger charge is -1.97. The third-order valence-corrected chi connectivity index (χ3v) is 4.00. The third kappa shape index (κ3) is 2.00. The number of pyridine rings is 1. The molecule has 0 radical (unpaired) electrons. The third-order valence-electron chi connectivity index (χ3n) is 2.88. The molecule has 6 heteroatoms. The highest BCUT2D eigenvalue weighted by Crippen LogP contribution is 2.44. The quantitative estimate of drug-likeness (QED) is 0.500. The maximum absolute atomic E-state index is 11.7. The minimum absolute atomic E-state index is 0.255. The summed E-state index contributed by atoms with van der Waals surface area (Å²) in [6.07, 6.45) is 5.64. The first kappa shape index (κ1) is 11.3. The van der Waals surface area contributed by atoms with E-state index in [-0.39, 0.29) is 5.91 Å². The smallest absolute Gasteiger partial charge is 0.277 e. The van der Waals surface area contributed by atoms with E-state index in [9.17, 15) is 4.79 Å². The fourth-order valence-electron chi connectivity index (χ4n) is 1.81. The zero-order valence-corrected chi connectivity index (χ0v) is 10.4. The van der Waals surface area contributed by atoms with Crippen molar-refractivity contribution >= 4 is 17.2 Å². The number of nitrogens with two attached hydrogens (primary N) is 1. The highest BCUT2D eigenvalue weighted by molar-refractivity contribution is 7.17. The average molecular weight is 260 g/mol. The molecule has 92 valence electrons. The zero-order valence-electron chi connectivity index (χ0n) is 9.59. The van der Waals surface area contributed by atoms with Crippen molar-refractivity contribution in [3.8, 4) is 10.6 Å². The number of carbonyl (C=O) groups is 1. The van der Waals surface area contributed by atoms with Crippen LogP contribution in [0.15, 0.2) is 24.5 Å². The molecule has 2 heterocycles. The van der Waals surface area contributed by atoms with E-state index in [0.29, 0.717) is 10.8 Å². The van der Waals surface area contributed by atoms with Crippen LogP contribution in [-0.4, -0.2) is 15.9 Å². The summed E-state index contributed by atoms with van der Waals surface area (Å²) in [5.74, 6) is 5.38. The van der Waals surface area contributed by atoms with Gasteiger partial charge in [0.2, 0.25) is 0 Å². The Labute approximate surface area is 108 Å². The largest absolute Gasteiger partial charge is 0.289 e. The Kier molecular flexibility index (Phi) is 2.81. The highest BCUT2D eigenvalue weighted by Gasteiger charge is 2.32. The molecule has 18 heavy (non-hydrogen) atoms. The van der Waals surface area contributed by atoms with Crippen LogP contribution in [0, 0.1) is 0 Å². The normalized spacial score (nSPS) is 14.5. The Morgan fingerprint density at radius 2 is 2.11 bits per heavy atom. The van der Waals surface area contributed by atoms with Crippen LogP contribution < -0.4 is 11.3 Å². The first-order valence-electron chi connectivity index (χ1n) is 5.71. The number of nitrogens with one attached hydrogen (secondary N) is 1. The van der Waals surface area contributed by atoms with Gasteiger partial charge in [0, 0.05) is 23.9 Å². The number of nitrogens with zero attached hydrogens (tertiary/aromatic N) is 2. The van der Waals surface area contributed by atoms with Gasteiger partial charge in [0.15, 0.2) is 0 Å². The van der Waals surface area contributed by atoms with E-state index in [1.807, 2.05) is 12.1 Å². The average Bonchev–Trinajstić information content (AvgIpc) is 3.18. The maximum Gasteiger partial charge on any atom is 0.277 e. The van der Waals surface area contributed by atoms with Crippen LogP contribution in [0.5, 0.6) is 0 Å². The second-order valence-corrected chi connectivity index (χ2v) is 5.22. The summed E-state index contributed by atoms with van der Waals surface area (Å²) >= 11 is 1.38. The van der Waals surface area contributed by atoms with Crippen molar-refractivity contribution in [2.45, 2.75) is 18.8 Å². The molecule has 2 aromatic rings. The standard InChI is InChI=1S/C12H12N4OS/c13-16-11(17)10-9(7-1-2-7)15-12(18-10)8-3-5-14-6-4-8/h3-7H,1-2,13H2,(H,16,17). The van der Waals surface area contributed by atoms with Gasteiger partial charge in [-0.1, -0.05) is 0 Å². The van der Waals surface area contributed by atoms with Crippen LogP contribution in [0.3, 0.4) is 0 Å². The molecule has 3 N–H and O–H groups in total. The first-order valence-corrected chi connectivity index (χ1v) is 6.53. The zero-order chi connectivity index (χ0) is 12.5. The SMILES string of the molecule is NNC(=O)c1sc(-c2ccncc2)nc1C1CC1. The van der Waals surface area contributed by atoms with Crippen LogP contribution in [0.2, 0.25) is 0 Å². The van der Waals surface area contributed by atoms with E-state index >= 15 is 0 Å². The van der Waals surface area contributed by atoms with Crippen LogP contribution in [0.1, 0.15) is 34.1 Å². The number of hydrogen-bond acceptors (Lipinski definition) is 5. The van der Waals surface area contributed by atoms with Crippen LogP contribution >= 0.6 is 11.3 Å². The number of amides is 1. The second-order valence-electron chi connectivity index (χ2n) is 4.22. The number of thiazole rings is 1. The summed E-state index contributed by atoms with van der Waals surface area (Å²) in [7, 11) is 0. The number of hydrogen-bond donors (Lipinski definition) is 2. The Morgan fingerprint density at radius 1 is 1.39 bits per heavy atom. The molecular weight excluding hydrogens is 248 g/mol. The van der Waals surface area contributed by atoms with Gasteiger partial charge in [-0.2, -0.15) is 0 Å². The lowest BCUT2D eigenvalue weighted by atomic mass is 10.2. The Morgan fingerprint density at radius 3 is 2.72 bits per heavy atom. The van der Waals surface area contributed by atoms with Gasteiger partial charge >= 0.3 is 0 Å². The first-order chi connectivity index (χ1) is 8.79. The monoisotopic (exact) mass is 260 g/mol. The Bertz CT molecular complexity index is 577. The molecule has 1 fully saturated rings. The van der Waals surface area contributed by atoms with Crippen LogP contribution in [0.25, 0.3) is 10.6 Å². The Hall–Kier alpha value is -1.79. The van der Waals surface area contributed by atoms with E-state index in [1.165, 1.54) is 11.3 Å². The van der Waals surface area contributed by atoms with Crippen molar-refractivity contribution in [1.29, 1.82) is 0 Å². The van der Waals surface area contributed by atoms with E-state index in [2.05, 4.69) is 15.4 Å². The number of carbonyl (C=O) groups excluding carboxylic acids is 1. The number of nitrogen functional groups attached to an aromatic ring is 1. The van der Waals surface area contributed by atoms with Crippen LogP contribution in [0.4, 0.5) is 0 Å². The van der Waals surface area contributed by atoms with E-state index in [0.717, 1.165) is 29.1 Å². The minimum atomic E-state index is -0.255. The molecule has 2 aromatic heterocycles. The van der Waals surface area contributed by atoms with E-state index in [1.54, 1.807) is 12.4 Å². The highest BCUT2D eigenvalue weighted by atomic mass is 32.1. The predicted molar refractivity (Wildman–Crippen MR) is 69.0 cm³/mol. The van der Waals surface area contributed by atoms with E-state index in [4.69, 9.17) is 5.84 Å². The van der Waals surface area contributed by atoms with Gasteiger partial charge in [-0.15, -0.1) is 11.3 Å². The van der Waals surface area contributed by atoms with Gasteiger partial charge in [0.05, 0.1) is 5.69 Å². The molecule has 0 unspecified atom stereocenters. The molecule has 0 aromatic carbocycles. The molecule has 0 aliphatic heterocycles. The summed E-state index contributed by atoms with van der Waals surface area (Å²) < 4.78 is 0. The lowest BCUT2D eigenvalue weighted by Crippen LogP contribution is -2.29. The molecule has 1 aliphatic carbocycles. The van der Waals surface area contributed by atoms with Gasteiger partial charge in [0.1, 0.15) is 9.88 Å². The van der Waals surface area contributed by atoms with Crippen molar-refractivity contribution in [2.75, 3.05) is 0 Å². The van der Waals surface area contributed by atoms with E-state index < -0.39 is 0 Å².